The summed E-state index contributed by atoms with van der Waals surface area (Å²) in [6.45, 7) is 1.35. The highest BCUT2D eigenvalue weighted by Gasteiger charge is 2.26. The number of carboxylic acids is 1. The van der Waals surface area contributed by atoms with Crippen molar-refractivity contribution in [1.82, 2.24) is 9.78 Å². The van der Waals surface area contributed by atoms with Gasteiger partial charge in [-0.3, -0.25) is 4.68 Å². The van der Waals surface area contributed by atoms with Gasteiger partial charge in [0.1, 0.15) is 17.3 Å². The van der Waals surface area contributed by atoms with Crippen LogP contribution in [0.3, 0.4) is 0 Å². The van der Waals surface area contributed by atoms with Crippen molar-refractivity contribution in [3.63, 3.8) is 0 Å². The fourth-order valence-electron chi connectivity index (χ4n) is 4.75. The van der Waals surface area contributed by atoms with Crippen LogP contribution in [0.15, 0.2) is 65.7 Å². The van der Waals surface area contributed by atoms with Crippen LogP contribution in [0, 0.1) is 11.8 Å². The van der Waals surface area contributed by atoms with E-state index in [4.69, 9.17) is 14.9 Å². The van der Waals surface area contributed by atoms with Crippen molar-refractivity contribution < 1.29 is 19.7 Å². The predicted octanol–water partition coefficient (Wildman–Crippen LogP) is 5.60. The van der Waals surface area contributed by atoms with Gasteiger partial charge in [0.05, 0.1) is 6.61 Å². The Kier molecular flexibility index (Phi) is 9.40. The number of thioether (sulfide) groups is 1. The predicted molar refractivity (Wildman–Crippen MR) is 139 cm³/mol. The highest BCUT2D eigenvalue weighted by molar-refractivity contribution is 7.99. The Balaban J connectivity index is 1.58. The van der Waals surface area contributed by atoms with Crippen molar-refractivity contribution in [2.45, 2.75) is 43.7 Å². The first kappa shape index (κ1) is 25.5. The van der Waals surface area contributed by atoms with Crippen molar-refractivity contribution >= 4 is 17.7 Å². The lowest BCUT2D eigenvalue weighted by Gasteiger charge is -2.28. The molecule has 1 heterocycles. The fraction of sp³-hybridized carbons (Fsp3) is 0.429. The largest absolute Gasteiger partial charge is 0.480 e. The first-order valence-corrected chi connectivity index (χ1v) is 13.4. The number of ether oxygens (including phenoxy) is 1. The maximum Gasteiger partial charge on any atom is 0.329 e. The summed E-state index contributed by atoms with van der Waals surface area (Å²) in [6, 6.07) is 20.8. The number of carbonyl (C=O) groups is 1. The van der Waals surface area contributed by atoms with E-state index in [1.807, 2.05) is 12.1 Å². The van der Waals surface area contributed by atoms with Crippen molar-refractivity contribution in [1.29, 1.82) is 0 Å². The Morgan fingerprint density at radius 2 is 1.60 bits per heavy atom. The Labute approximate surface area is 211 Å². The SMILES string of the molecule is O=C(O)COC[C@H]1CC[C@@H](Cn2nc(-c3ccccc3)c(-c3ccccc3)c2SCCCO)CC1. The van der Waals surface area contributed by atoms with Crippen LogP contribution >= 0.6 is 11.8 Å². The number of aliphatic hydroxyl groups excluding tert-OH is 1. The Bertz CT molecular complexity index is 1060. The lowest BCUT2D eigenvalue weighted by atomic mass is 9.82. The molecule has 186 valence electrons. The van der Waals surface area contributed by atoms with Gasteiger partial charge in [-0.1, -0.05) is 60.7 Å². The van der Waals surface area contributed by atoms with Gasteiger partial charge in [-0.25, -0.2) is 4.79 Å². The van der Waals surface area contributed by atoms with Gasteiger partial charge >= 0.3 is 5.97 Å². The summed E-state index contributed by atoms with van der Waals surface area (Å²) in [4.78, 5) is 10.7. The molecule has 0 amide bonds. The summed E-state index contributed by atoms with van der Waals surface area (Å²) in [6.07, 6.45) is 5.02. The lowest BCUT2D eigenvalue weighted by Crippen LogP contribution is -2.23. The van der Waals surface area contributed by atoms with Gasteiger partial charge in [-0.05, 0) is 49.5 Å². The maximum absolute atomic E-state index is 10.7. The van der Waals surface area contributed by atoms with Crippen LogP contribution in [0.5, 0.6) is 0 Å². The molecule has 1 saturated carbocycles. The van der Waals surface area contributed by atoms with E-state index < -0.39 is 5.97 Å². The summed E-state index contributed by atoms with van der Waals surface area (Å²) < 4.78 is 7.53. The first-order chi connectivity index (χ1) is 17.2. The number of hydrogen-bond donors (Lipinski definition) is 2. The third-order valence-corrected chi connectivity index (χ3v) is 7.71. The minimum atomic E-state index is -0.910. The molecule has 0 atom stereocenters. The molecule has 35 heavy (non-hydrogen) atoms. The summed E-state index contributed by atoms with van der Waals surface area (Å²) in [5.74, 6) is 0.882. The van der Waals surface area contributed by atoms with Crippen molar-refractivity contribution in [3.05, 3.63) is 60.7 Å². The second kappa shape index (κ2) is 12.9. The molecule has 0 saturated heterocycles. The van der Waals surface area contributed by atoms with E-state index in [1.165, 1.54) is 0 Å². The molecule has 0 spiro atoms. The molecule has 0 aliphatic heterocycles. The number of benzene rings is 2. The van der Waals surface area contributed by atoms with Crippen LogP contribution in [0.4, 0.5) is 0 Å². The summed E-state index contributed by atoms with van der Waals surface area (Å²) in [7, 11) is 0. The third-order valence-electron chi connectivity index (χ3n) is 6.53. The van der Waals surface area contributed by atoms with E-state index in [1.54, 1.807) is 11.8 Å². The second-order valence-electron chi connectivity index (χ2n) is 9.16. The minimum Gasteiger partial charge on any atom is -0.480 e. The van der Waals surface area contributed by atoms with Crippen molar-refractivity contribution in [3.8, 4) is 22.4 Å². The number of aromatic nitrogens is 2. The van der Waals surface area contributed by atoms with Gasteiger partial charge in [0.25, 0.3) is 0 Å². The van der Waals surface area contributed by atoms with E-state index in [0.717, 1.165) is 71.8 Å². The number of hydrogen-bond acceptors (Lipinski definition) is 5. The molecular formula is C28H34N2O4S. The molecule has 1 aliphatic rings. The topological polar surface area (TPSA) is 84.6 Å². The molecule has 2 N–H and O–H groups in total. The van der Waals surface area contributed by atoms with Gasteiger partial charge in [-0.2, -0.15) is 5.10 Å². The molecule has 6 nitrogen and oxygen atoms in total. The van der Waals surface area contributed by atoms with E-state index in [-0.39, 0.29) is 13.2 Å². The smallest absolute Gasteiger partial charge is 0.329 e. The van der Waals surface area contributed by atoms with Gasteiger partial charge in [0.15, 0.2) is 0 Å². The number of aliphatic hydroxyl groups is 1. The van der Waals surface area contributed by atoms with Gasteiger partial charge in [0.2, 0.25) is 0 Å². The van der Waals surface area contributed by atoms with E-state index >= 15 is 0 Å². The van der Waals surface area contributed by atoms with E-state index in [0.29, 0.717) is 18.4 Å². The molecule has 4 rings (SSSR count). The molecule has 1 aromatic heterocycles. The highest BCUT2D eigenvalue weighted by Crippen LogP contribution is 2.41. The van der Waals surface area contributed by atoms with Crippen LogP contribution in [0.25, 0.3) is 22.4 Å². The minimum absolute atomic E-state index is 0.182. The molecule has 2 aromatic carbocycles. The number of rotatable bonds is 12. The standard InChI is InChI=1S/C28H34N2O4S/c31-16-7-17-35-28-26(23-8-3-1-4-9-23)27(24-10-5-2-6-11-24)29-30(28)18-21-12-14-22(15-13-21)19-34-20-25(32)33/h1-6,8-11,21-22,31H,7,12-20H2,(H,32,33)/t21-,22+. The van der Waals surface area contributed by atoms with Crippen LogP contribution in [0.2, 0.25) is 0 Å². The number of nitrogens with zero attached hydrogens (tertiary/aromatic N) is 2. The van der Waals surface area contributed by atoms with E-state index in [9.17, 15) is 9.90 Å². The fourth-order valence-corrected chi connectivity index (χ4v) is 5.84. The summed E-state index contributed by atoms with van der Waals surface area (Å²) in [5.41, 5.74) is 4.42. The molecular weight excluding hydrogens is 460 g/mol. The van der Waals surface area contributed by atoms with Gasteiger partial charge in [-0.15, -0.1) is 11.8 Å². The van der Waals surface area contributed by atoms with Crippen molar-refractivity contribution in [2.24, 2.45) is 11.8 Å². The Morgan fingerprint density at radius 1 is 0.971 bits per heavy atom. The second-order valence-corrected chi connectivity index (χ2v) is 10.2. The molecule has 0 radical (unpaired) electrons. The Morgan fingerprint density at radius 3 is 2.23 bits per heavy atom. The summed E-state index contributed by atoms with van der Waals surface area (Å²) >= 11 is 1.78. The molecule has 1 fully saturated rings. The molecule has 3 aromatic rings. The van der Waals surface area contributed by atoms with Crippen molar-refractivity contribution in [2.75, 3.05) is 25.6 Å². The summed E-state index contributed by atoms with van der Waals surface area (Å²) in [5, 5.41) is 24.5. The zero-order chi connectivity index (χ0) is 24.5. The number of aliphatic carboxylic acids is 1. The van der Waals surface area contributed by atoms with Crippen LogP contribution in [-0.2, 0) is 16.1 Å². The molecule has 1 aliphatic carbocycles. The van der Waals surface area contributed by atoms with E-state index in [2.05, 4.69) is 53.2 Å². The maximum atomic E-state index is 10.7. The molecule has 7 heteroatoms. The average Bonchev–Trinajstić information content (AvgIpc) is 3.24. The zero-order valence-corrected chi connectivity index (χ0v) is 20.8. The Hall–Kier alpha value is -2.61. The van der Waals surface area contributed by atoms with Crippen LogP contribution < -0.4 is 0 Å². The first-order valence-electron chi connectivity index (χ1n) is 12.4. The third kappa shape index (κ3) is 6.97. The monoisotopic (exact) mass is 494 g/mol. The average molecular weight is 495 g/mol. The normalized spacial score (nSPS) is 18.0. The number of carboxylic acid groups (broad SMARTS) is 1. The highest BCUT2D eigenvalue weighted by atomic mass is 32.2. The van der Waals surface area contributed by atoms with Gasteiger partial charge < -0.3 is 14.9 Å². The van der Waals surface area contributed by atoms with Crippen LogP contribution in [-0.4, -0.2) is 51.5 Å². The molecule has 0 bridgehead atoms. The zero-order valence-electron chi connectivity index (χ0n) is 20.0. The lowest BCUT2D eigenvalue weighted by molar-refractivity contribution is -0.142. The van der Waals surface area contributed by atoms with Crippen LogP contribution in [0.1, 0.15) is 32.1 Å². The molecule has 0 unspecified atom stereocenters. The van der Waals surface area contributed by atoms with Gasteiger partial charge in [0, 0.05) is 30.0 Å². The quantitative estimate of drug-likeness (QED) is 0.252.